The molecule has 1 atom stereocenters. The summed E-state index contributed by atoms with van der Waals surface area (Å²) in [5.41, 5.74) is 3.06. The number of likely N-dealkylation sites (N-methyl/N-ethyl adjacent to an activating group) is 1. The second-order valence-corrected chi connectivity index (χ2v) is 11.7. The Morgan fingerprint density at radius 2 is 1.54 bits per heavy atom. The summed E-state index contributed by atoms with van der Waals surface area (Å²) in [5, 5.41) is 2.76. The molecule has 0 unspecified atom stereocenters. The third kappa shape index (κ3) is 7.20. The minimum Gasteiger partial charge on any atom is -0.355 e. The van der Waals surface area contributed by atoms with Crippen LogP contribution in [0.2, 0.25) is 0 Å². The third-order valence-corrected chi connectivity index (χ3v) is 8.25. The van der Waals surface area contributed by atoms with Crippen molar-refractivity contribution in [3.8, 4) is 0 Å². The third-order valence-electron chi connectivity index (χ3n) is 5.97. The van der Waals surface area contributed by atoms with Crippen LogP contribution in [0.4, 0.5) is 5.69 Å². The summed E-state index contributed by atoms with van der Waals surface area (Å²) in [5.74, 6) is -0.802. The van der Waals surface area contributed by atoms with Gasteiger partial charge in [-0.2, -0.15) is 0 Å². The van der Waals surface area contributed by atoms with Crippen molar-refractivity contribution in [3.63, 3.8) is 0 Å². The minimum absolute atomic E-state index is 0.0850. The van der Waals surface area contributed by atoms with Gasteiger partial charge in [0.05, 0.1) is 10.6 Å². The fourth-order valence-electron chi connectivity index (χ4n) is 3.81. The molecule has 3 aromatic carbocycles. The normalized spacial score (nSPS) is 12.0. The Kier molecular flexibility index (Phi) is 9.50. The highest BCUT2D eigenvalue weighted by Gasteiger charge is 2.32. The van der Waals surface area contributed by atoms with Gasteiger partial charge in [0.2, 0.25) is 11.8 Å². The number of benzene rings is 3. The van der Waals surface area contributed by atoms with Crippen LogP contribution in [0.3, 0.4) is 0 Å². The average Bonchev–Trinajstić information content (AvgIpc) is 2.86. The standard InChI is InChI=1S/C28H32BrN3O4S/c1-5-30-28(34)22(4)31(18-23-7-6-8-24(29)17-23)27(33)19-32(25-13-9-20(2)10-14-25)37(35,36)26-15-11-21(3)12-16-26/h6-17,22H,5,18-19H2,1-4H3,(H,30,34)/t22-/m0/s1. The lowest BCUT2D eigenvalue weighted by atomic mass is 10.1. The number of halogens is 1. The lowest BCUT2D eigenvalue weighted by Crippen LogP contribution is -2.51. The molecule has 0 radical (unpaired) electrons. The number of hydrogen-bond acceptors (Lipinski definition) is 4. The molecular formula is C28H32BrN3O4S. The number of carbonyl (C=O) groups excluding carboxylic acids is 2. The maximum atomic E-state index is 13.8. The Bertz CT molecular complexity index is 1340. The Morgan fingerprint density at radius 1 is 0.946 bits per heavy atom. The van der Waals surface area contributed by atoms with Crippen molar-refractivity contribution in [2.24, 2.45) is 0 Å². The molecule has 0 spiro atoms. The van der Waals surface area contributed by atoms with E-state index in [0.29, 0.717) is 12.2 Å². The van der Waals surface area contributed by atoms with E-state index in [1.807, 2.05) is 38.1 Å². The summed E-state index contributed by atoms with van der Waals surface area (Å²) in [7, 11) is -4.07. The first-order valence-corrected chi connectivity index (χ1v) is 14.2. The van der Waals surface area contributed by atoms with Gasteiger partial charge in [-0.15, -0.1) is 0 Å². The average molecular weight is 587 g/mol. The van der Waals surface area contributed by atoms with Gasteiger partial charge < -0.3 is 10.2 Å². The smallest absolute Gasteiger partial charge is 0.264 e. The van der Waals surface area contributed by atoms with E-state index in [2.05, 4.69) is 21.2 Å². The van der Waals surface area contributed by atoms with Gasteiger partial charge in [0.1, 0.15) is 12.6 Å². The Hall–Kier alpha value is -3.17. The molecule has 3 rings (SSSR count). The van der Waals surface area contributed by atoms with E-state index in [-0.39, 0.29) is 17.3 Å². The predicted molar refractivity (Wildman–Crippen MR) is 150 cm³/mol. The van der Waals surface area contributed by atoms with E-state index in [9.17, 15) is 18.0 Å². The lowest BCUT2D eigenvalue weighted by Gasteiger charge is -2.32. The minimum atomic E-state index is -4.07. The van der Waals surface area contributed by atoms with Gasteiger partial charge in [0.15, 0.2) is 0 Å². The van der Waals surface area contributed by atoms with Crippen molar-refractivity contribution < 1.29 is 18.0 Å². The summed E-state index contributed by atoms with van der Waals surface area (Å²) in [6, 6.07) is 20.1. The quantitative estimate of drug-likeness (QED) is 0.370. The fourth-order valence-corrected chi connectivity index (χ4v) is 5.67. The molecule has 7 nitrogen and oxygen atoms in total. The van der Waals surface area contributed by atoms with Crippen LogP contribution in [0.5, 0.6) is 0 Å². The summed E-state index contributed by atoms with van der Waals surface area (Å²) in [6.07, 6.45) is 0. The van der Waals surface area contributed by atoms with Crippen LogP contribution in [0.15, 0.2) is 82.2 Å². The zero-order valence-electron chi connectivity index (χ0n) is 21.4. The number of aryl methyl sites for hydroxylation is 2. The molecule has 0 heterocycles. The van der Waals surface area contributed by atoms with Crippen LogP contribution >= 0.6 is 15.9 Å². The van der Waals surface area contributed by atoms with Crippen LogP contribution in [-0.4, -0.2) is 44.3 Å². The van der Waals surface area contributed by atoms with Crippen molar-refractivity contribution in [1.29, 1.82) is 0 Å². The lowest BCUT2D eigenvalue weighted by molar-refractivity contribution is -0.139. The maximum Gasteiger partial charge on any atom is 0.264 e. The molecule has 2 amide bonds. The Morgan fingerprint density at radius 3 is 2.11 bits per heavy atom. The first-order valence-electron chi connectivity index (χ1n) is 12.0. The molecule has 0 aromatic heterocycles. The van der Waals surface area contributed by atoms with Crippen LogP contribution in [0, 0.1) is 13.8 Å². The van der Waals surface area contributed by atoms with Crippen LogP contribution in [0.25, 0.3) is 0 Å². The molecule has 0 fully saturated rings. The molecule has 9 heteroatoms. The Balaban J connectivity index is 2.02. The fraction of sp³-hybridized carbons (Fsp3) is 0.286. The summed E-state index contributed by atoms with van der Waals surface area (Å²) >= 11 is 3.44. The predicted octanol–water partition coefficient (Wildman–Crippen LogP) is 4.81. The molecule has 0 bridgehead atoms. The Labute approximate surface area is 227 Å². The number of carbonyl (C=O) groups is 2. The summed E-state index contributed by atoms with van der Waals surface area (Å²) in [4.78, 5) is 28.0. The van der Waals surface area contributed by atoms with E-state index < -0.39 is 28.5 Å². The van der Waals surface area contributed by atoms with E-state index in [0.717, 1.165) is 25.5 Å². The number of nitrogens with one attached hydrogen (secondary N) is 1. The van der Waals surface area contributed by atoms with Gasteiger partial charge in [-0.25, -0.2) is 8.42 Å². The second-order valence-electron chi connectivity index (χ2n) is 8.88. The van der Waals surface area contributed by atoms with Gasteiger partial charge in [-0.05, 0) is 69.7 Å². The first kappa shape index (κ1) is 28.4. The van der Waals surface area contributed by atoms with Crippen molar-refractivity contribution in [3.05, 3.63) is 94.0 Å². The van der Waals surface area contributed by atoms with Crippen molar-refractivity contribution in [2.45, 2.75) is 45.2 Å². The largest absolute Gasteiger partial charge is 0.355 e. The molecular weight excluding hydrogens is 554 g/mol. The molecule has 3 aromatic rings. The molecule has 37 heavy (non-hydrogen) atoms. The number of sulfonamides is 1. The van der Waals surface area contributed by atoms with Crippen LogP contribution in [0.1, 0.15) is 30.5 Å². The molecule has 0 aliphatic heterocycles. The summed E-state index contributed by atoms with van der Waals surface area (Å²) in [6.45, 7) is 7.32. The molecule has 1 N–H and O–H groups in total. The van der Waals surface area contributed by atoms with E-state index >= 15 is 0 Å². The zero-order chi connectivity index (χ0) is 27.2. The first-order chi connectivity index (χ1) is 17.5. The van der Waals surface area contributed by atoms with Gasteiger partial charge in [0.25, 0.3) is 10.0 Å². The maximum absolute atomic E-state index is 13.8. The van der Waals surface area contributed by atoms with Gasteiger partial charge >= 0.3 is 0 Å². The zero-order valence-corrected chi connectivity index (χ0v) is 23.8. The van der Waals surface area contributed by atoms with Gasteiger partial charge in [-0.1, -0.05) is 63.5 Å². The van der Waals surface area contributed by atoms with Gasteiger partial charge in [0, 0.05) is 17.6 Å². The van der Waals surface area contributed by atoms with Crippen LogP contribution in [-0.2, 0) is 26.2 Å². The highest BCUT2D eigenvalue weighted by molar-refractivity contribution is 9.10. The van der Waals surface area contributed by atoms with E-state index in [1.165, 1.54) is 17.0 Å². The van der Waals surface area contributed by atoms with Gasteiger partial charge in [-0.3, -0.25) is 13.9 Å². The summed E-state index contributed by atoms with van der Waals surface area (Å²) < 4.78 is 29.5. The van der Waals surface area contributed by atoms with Crippen molar-refractivity contribution >= 4 is 43.5 Å². The monoisotopic (exact) mass is 585 g/mol. The highest BCUT2D eigenvalue weighted by Crippen LogP contribution is 2.25. The molecule has 0 aliphatic carbocycles. The molecule has 0 aliphatic rings. The van der Waals surface area contributed by atoms with E-state index in [1.54, 1.807) is 50.2 Å². The van der Waals surface area contributed by atoms with Crippen LogP contribution < -0.4 is 9.62 Å². The number of nitrogens with zero attached hydrogens (tertiary/aromatic N) is 2. The number of hydrogen-bond donors (Lipinski definition) is 1. The number of amides is 2. The van der Waals surface area contributed by atoms with Crippen molar-refractivity contribution in [2.75, 3.05) is 17.4 Å². The topological polar surface area (TPSA) is 86.8 Å². The number of rotatable bonds is 10. The van der Waals surface area contributed by atoms with Crippen molar-refractivity contribution in [1.82, 2.24) is 10.2 Å². The SMILES string of the molecule is CCNC(=O)[C@H](C)N(Cc1cccc(Br)c1)C(=O)CN(c1ccc(C)cc1)S(=O)(=O)c1ccc(C)cc1. The highest BCUT2D eigenvalue weighted by atomic mass is 79.9. The molecule has 0 saturated heterocycles. The molecule has 0 saturated carbocycles. The van der Waals surface area contributed by atoms with E-state index in [4.69, 9.17) is 0 Å². The molecule has 196 valence electrons. The second kappa shape index (κ2) is 12.4. The number of anilines is 1.